The van der Waals surface area contributed by atoms with E-state index in [9.17, 15) is 4.79 Å². The van der Waals surface area contributed by atoms with Crippen LogP contribution in [0.5, 0.6) is 5.75 Å². The summed E-state index contributed by atoms with van der Waals surface area (Å²) in [5.74, 6) is 0.569. The van der Waals surface area contributed by atoms with Gasteiger partial charge in [0.25, 0.3) is 5.91 Å². The molecule has 8 heteroatoms. The van der Waals surface area contributed by atoms with Crippen molar-refractivity contribution in [1.29, 1.82) is 5.53 Å². The van der Waals surface area contributed by atoms with E-state index in [1.165, 1.54) is 6.08 Å². The van der Waals surface area contributed by atoms with E-state index < -0.39 is 11.6 Å². The lowest BCUT2D eigenvalue weighted by Gasteiger charge is -2.30. The molecule has 1 atom stereocenters. The summed E-state index contributed by atoms with van der Waals surface area (Å²) in [6.45, 7) is 2.93. The van der Waals surface area contributed by atoms with E-state index in [-0.39, 0.29) is 0 Å². The summed E-state index contributed by atoms with van der Waals surface area (Å²) >= 11 is 6.01. The molecule has 1 unspecified atom stereocenters. The maximum Gasteiger partial charge on any atom is 0.316 e. The smallest absolute Gasteiger partial charge is 0.316 e. The lowest BCUT2D eigenvalue weighted by Crippen LogP contribution is -2.42. The highest BCUT2D eigenvalue weighted by molar-refractivity contribution is 6.30. The lowest BCUT2D eigenvalue weighted by molar-refractivity contribution is -0.129. The van der Waals surface area contributed by atoms with Gasteiger partial charge in [0, 0.05) is 23.4 Å². The van der Waals surface area contributed by atoms with Crippen molar-refractivity contribution < 1.29 is 19.0 Å². The van der Waals surface area contributed by atoms with Gasteiger partial charge in [-0.1, -0.05) is 17.7 Å². The second-order valence-corrected chi connectivity index (χ2v) is 7.20. The minimum atomic E-state index is -1.83. The topological polar surface area (TPSA) is 93.0 Å². The van der Waals surface area contributed by atoms with Crippen molar-refractivity contribution in [1.82, 2.24) is 0 Å². The quantitative estimate of drug-likeness (QED) is 0.507. The molecule has 0 bridgehead atoms. The molecule has 0 saturated heterocycles. The van der Waals surface area contributed by atoms with Crippen molar-refractivity contribution in [3.05, 3.63) is 76.8 Å². The number of allylic oxidation sites excluding steroid dienone is 1. The number of halogens is 1. The van der Waals surface area contributed by atoms with Gasteiger partial charge in [-0.2, -0.15) is 0 Å². The number of hydrogen-bond acceptors (Lipinski definition) is 6. The van der Waals surface area contributed by atoms with Crippen LogP contribution in [0.4, 0.5) is 5.69 Å². The van der Waals surface area contributed by atoms with Gasteiger partial charge in [0.15, 0.2) is 0 Å². The highest BCUT2D eigenvalue weighted by atomic mass is 35.5. The van der Waals surface area contributed by atoms with E-state index in [2.05, 4.69) is 10.4 Å². The molecule has 1 amide bonds. The van der Waals surface area contributed by atoms with Crippen molar-refractivity contribution in [2.75, 3.05) is 25.6 Å². The molecular formula is C23H24ClN3O4. The first kappa shape index (κ1) is 22.5. The maximum absolute atomic E-state index is 13.1. The SMILES string of the molecule is CCOc1ccc(NC(=O)C2(N=N)C=CC(CCOC)=C(c3ccc(Cl)cc3)O2)cc1. The molecule has 1 heterocycles. The van der Waals surface area contributed by atoms with Gasteiger partial charge in [-0.3, -0.25) is 4.79 Å². The molecule has 0 fully saturated rings. The molecule has 0 aliphatic carbocycles. The highest BCUT2D eigenvalue weighted by Gasteiger charge is 2.42. The fourth-order valence-corrected chi connectivity index (χ4v) is 3.18. The number of anilines is 1. The van der Waals surface area contributed by atoms with Crippen LogP contribution in [-0.4, -0.2) is 32.0 Å². The molecule has 2 aromatic rings. The number of carbonyl (C=O) groups excluding carboxylic acids is 1. The number of benzene rings is 2. The van der Waals surface area contributed by atoms with Crippen molar-refractivity contribution in [3.63, 3.8) is 0 Å². The molecule has 31 heavy (non-hydrogen) atoms. The molecule has 2 aromatic carbocycles. The average molecular weight is 442 g/mol. The van der Waals surface area contributed by atoms with Crippen molar-refractivity contribution >= 4 is 29.0 Å². The second kappa shape index (κ2) is 10.2. The first-order valence-electron chi connectivity index (χ1n) is 9.80. The van der Waals surface area contributed by atoms with E-state index in [4.69, 9.17) is 31.3 Å². The van der Waals surface area contributed by atoms with Crippen molar-refractivity contribution in [2.45, 2.75) is 19.1 Å². The van der Waals surface area contributed by atoms with Gasteiger partial charge in [-0.25, -0.2) is 5.53 Å². The predicted octanol–water partition coefficient (Wildman–Crippen LogP) is 5.44. The minimum absolute atomic E-state index is 0.453. The maximum atomic E-state index is 13.1. The molecule has 0 radical (unpaired) electrons. The Morgan fingerprint density at radius 3 is 2.52 bits per heavy atom. The molecule has 162 valence electrons. The Kier molecular flexibility index (Phi) is 7.44. The summed E-state index contributed by atoms with van der Waals surface area (Å²) in [5.41, 5.74) is 7.98. The zero-order chi connectivity index (χ0) is 22.3. The third kappa shape index (κ3) is 5.31. The largest absolute Gasteiger partial charge is 0.494 e. The van der Waals surface area contributed by atoms with Crippen LogP contribution in [-0.2, 0) is 14.3 Å². The van der Waals surface area contributed by atoms with Crippen LogP contribution < -0.4 is 10.1 Å². The summed E-state index contributed by atoms with van der Waals surface area (Å²) < 4.78 is 16.7. The molecule has 0 spiro atoms. The average Bonchev–Trinajstić information content (AvgIpc) is 2.79. The van der Waals surface area contributed by atoms with Crippen LogP contribution >= 0.6 is 11.6 Å². The van der Waals surface area contributed by atoms with Crippen LogP contribution in [0.25, 0.3) is 5.76 Å². The van der Waals surface area contributed by atoms with E-state index >= 15 is 0 Å². The summed E-state index contributed by atoms with van der Waals surface area (Å²) in [4.78, 5) is 13.1. The number of nitrogens with one attached hydrogen (secondary N) is 2. The van der Waals surface area contributed by atoms with E-state index in [1.807, 2.05) is 6.92 Å². The van der Waals surface area contributed by atoms with Crippen molar-refractivity contribution in [3.8, 4) is 5.75 Å². The van der Waals surface area contributed by atoms with Gasteiger partial charge in [0.1, 0.15) is 11.5 Å². The Labute approximate surface area is 186 Å². The molecule has 7 nitrogen and oxygen atoms in total. The van der Waals surface area contributed by atoms with Crippen LogP contribution in [0, 0.1) is 5.53 Å². The Balaban J connectivity index is 1.87. The van der Waals surface area contributed by atoms with Crippen LogP contribution in [0.1, 0.15) is 18.9 Å². The van der Waals surface area contributed by atoms with Crippen LogP contribution in [0.3, 0.4) is 0 Å². The molecular weight excluding hydrogens is 418 g/mol. The lowest BCUT2D eigenvalue weighted by atomic mass is 9.99. The number of rotatable bonds is 9. The zero-order valence-corrected chi connectivity index (χ0v) is 18.1. The standard InChI is InChI=1S/C23H24ClN3O4/c1-3-30-20-10-8-19(9-11-20)26-22(28)23(27-25)14-12-17(13-15-29-2)21(31-23)16-4-6-18(24)7-5-16/h4-12,14,25H,3,13,15H2,1-2H3,(H,26,28). The van der Waals surface area contributed by atoms with Gasteiger partial charge >= 0.3 is 5.72 Å². The summed E-state index contributed by atoms with van der Waals surface area (Å²) in [5, 5.41) is 6.88. The number of ether oxygens (including phenoxy) is 3. The molecule has 2 N–H and O–H groups in total. The number of hydrogen-bond donors (Lipinski definition) is 2. The number of nitrogens with zero attached hydrogens (tertiary/aromatic N) is 1. The van der Waals surface area contributed by atoms with Crippen LogP contribution in [0.15, 0.2) is 71.4 Å². The fourth-order valence-electron chi connectivity index (χ4n) is 3.05. The Bertz CT molecular complexity index is 987. The fraction of sp³-hybridized carbons (Fsp3) is 0.261. The third-order valence-electron chi connectivity index (χ3n) is 4.66. The first-order valence-corrected chi connectivity index (χ1v) is 10.2. The van der Waals surface area contributed by atoms with Gasteiger partial charge in [-0.05, 0) is 73.5 Å². The Morgan fingerprint density at radius 2 is 1.90 bits per heavy atom. The summed E-state index contributed by atoms with van der Waals surface area (Å²) in [7, 11) is 1.61. The predicted molar refractivity (Wildman–Crippen MR) is 119 cm³/mol. The van der Waals surface area contributed by atoms with Gasteiger partial charge in [-0.15, -0.1) is 5.11 Å². The summed E-state index contributed by atoms with van der Waals surface area (Å²) in [6, 6.07) is 14.0. The van der Waals surface area contributed by atoms with E-state index in [1.54, 1.807) is 61.7 Å². The van der Waals surface area contributed by atoms with Gasteiger partial charge < -0.3 is 19.5 Å². The van der Waals surface area contributed by atoms with Gasteiger partial charge in [0.2, 0.25) is 0 Å². The normalized spacial score (nSPS) is 17.8. The van der Waals surface area contributed by atoms with E-state index in [0.29, 0.717) is 41.9 Å². The Morgan fingerprint density at radius 1 is 1.19 bits per heavy atom. The molecule has 0 aromatic heterocycles. The molecule has 0 saturated carbocycles. The number of methoxy groups -OCH3 is 1. The van der Waals surface area contributed by atoms with Crippen molar-refractivity contribution in [2.24, 2.45) is 5.11 Å². The molecule has 1 aliphatic rings. The number of carbonyl (C=O) groups is 1. The highest BCUT2D eigenvalue weighted by Crippen LogP contribution is 2.36. The zero-order valence-electron chi connectivity index (χ0n) is 17.4. The van der Waals surface area contributed by atoms with Crippen LogP contribution in [0.2, 0.25) is 5.02 Å². The third-order valence-corrected chi connectivity index (χ3v) is 4.91. The van der Waals surface area contributed by atoms with E-state index in [0.717, 1.165) is 11.1 Å². The second-order valence-electron chi connectivity index (χ2n) is 6.76. The minimum Gasteiger partial charge on any atom is -0.494 e. The molecule has 1 aliphatic heterocycles. The first-order chi connectivity index (χ1) is 15.0. The van der Waals surface area contributed by atoms with Gasteiger partial charge in [0.05, 0.1) is 13.2 Å². The Hall–Kier alpha value is -3.16. The number of amides is 1. The molecule has 3 rings (SSSR count). The monoisotopic (exact) mass is 441 g/mol. The summed E-state index contributed by atoms with van der Waals surface area (Å²) in [6.07, 6.45) is 3.80.